The van der Waals surface area contributed by atoms with Crippen molar-refractivity contribution in [2.24, 2.45) is 5.92 Å². The SMILES string of the molecule is FC1(F)CC[C@@H](CCc2nc(Nc3ccnc(C(F)(F)F)c3)nc(-c3cccc(C(F)(F)F)n3)n2)C1. The lowest BCUT2D eigenvalue weighted by Gasteiger charge is -2.13. The minimum absolute atomic E-state index is 0.0713. The second-order valence-electron chi connectivity index (χ2n) is 8.36. The number of nitrogens with zero attached hydrogens (tertiary/aromatic N) is 5. The van der Waals surface area contributed by atoms with Gasteiger partial charge in [-0.05, 0) is 43.0 Å². The highest BCUT2D eigenvalue weighted by atomic mass is 19.4. The molecule has 6 nitrogen and oxygen atoms in total. The van der Waals surface area contributed by atoms with Crippen molar-refractivity contribution in [1.29, 1.82) is 0 Å². The molecule has 1 fully saturated rings. The van der Waals surface area contributed by atoms with Gasteiger partial charge in [-0.3, -0.25) is 4.98 Å². The van der Waals surface area contributed by atoms with Crippen molar-refractivity contribution in [3.63, 3.8) is 0 Å². The number of pyridine rings is 2. The summed E-state index contributed by atoms with van der Waals surface area (Å²) in [4.78, 5) is 19.1. The standard InChI is InChI=1S/C22H18F8N6/c23-20(24)8-6-12(11-20)4-5-17-34-18(14-2-1-3-15(33-14)21(25,26)27)36-19(35-17)32-13-7-9-31-16(10-13)22(28,29)30/h1-3,7,9-10,12H,4-6,8,11H2,(H,31,32,34,35,36)/t12-/m1/s1. The van der Waals surface area contributed by atoms with E-state index < -0.39 is 29.7 Å². The number of halogens is 8. The smallest absolute Gasteiger partial charge is 0.324 e. The molecule has 1 aliphatic rings. The van der Waals surface area contributed by atoms with E-state index in [0.717, 1.165) is 18.3 Å². The van der Waals surface area contributed by atoms with E-state index in [1.165, 1.54) is 12.1 Å². The minimum atomic E-state index is -4.73. The highest BCUT2D eigenvalue weighted by Crippen LogP contribution is 2.40. The van der Waals surface area contributed by atoms with Gasteiger partial charge in [-0.1, -0.05) is 6.07 Å². The monoisotopic (exact) mass is 518 g/mol. The lowest BCUT2D eigenvalue weighted by molar-refractivity contribution is -0.141. The molecule has 3 aromatic heterocycles. The number of hydrogen-bond acceptors (Lipinski definition) is 6. The summed E-state index contributed by atoms with van der Waals surface area (Å²) in [5, 5.41) is 2.58. The molecule has 1 saturated carbocycles. The maximum Gasteiger partial charge on any atom is 0.433 e. The number of rotatable bonds is 6. The van der Waals surface area contributed by atoms with Gasteiger partial charge < -0.3 is 5.32 Å². The van der Waals surface area contributed by atoms with Gasteiger partial charge in [0.2, 0.25) is 11.9 Å². The Morgan fingerprint density at radius 2 is 1.67 bits per heavy atom. The summed E-state index contributed by atoms with van der Waals surface area (Å²) < 4.78 is 105. The van der Waals surface area contributed by atoms with Crippen molar-refractivity contribution in [3.05, 3.63) is 53.7 Å². The van der Waals surface area contributed by atoms with Crippen LogP contribution >= 0.6 is 0 Å². The van der Waals surface area contributed by atoms with Gasteiger partial charge in [0, 0.05) is 31.1 Å². The molecule has 4 rings (SSSR count). The van der Waals surface area contributed by atoms with Crippen LogP contribution < -0.4 is 5.32 Å². The van der Waals surface area contributed by atoms with Gasteiger partial charge in [0.05, 0.1) is 0 Å². The molecule has 0 unspecified atom stereocenters. The Kier molecular flexibility index (Phi) is 6.80. The topological polar surface area (TPSA) is 76.5 Å². The van der Waals surface area contributed by atoms with Crippen LogP contribution in [-0.2, 0) is 18.8 Å². The van der Waals surface area contributed by atoms with Gasteiger partial charge in [0.15, 0.2) is 5.82 Å². The summed E-state index contributed by atoms with van der Waals surface area (Å²) in [7, 11) is 0. The van der Waals surface area contributed by atoms with Crippen molar-refractivity contribution >= 4 is 11.6 Å². The van der Waals surface area contributed by atoms with E-state index in [2.05, 4.69) is 30.2 Å². The second-order valence-corrected chi connectivity index (χ2v) is 8.36. The molecule has 36 heavy (non-hydrogen) atoms. The Bertz CT molecular complexity index is 1230. The molecule has 0 aromatic carbocycles. The molecular weight excluding hydrogens is 500 g/mol. The van der Waals surface area contributed by atoms with E-state index in [-0.39, 0.29) is 54.2 Å². The fourth-order valence-corrected chi connectivity index (χ4v) is 3.83. The summed E-state index contributed by atoms with van der Waals surface area (Å²) in [6.45, 7) is 0. The lowest BCUT2D eigenvalue weighted by atomic mass is 10.0. The van der Waals surface area contributed by atoms with Gasteiger partial charge in [-0.15, -0.1) is 0 Å². The number of nitrogens with one attached hydrogen (secondary N) is 1. The molecule has 14 heteroatoms. The van der Waals surface area contributed by atoms with Crippen LogP contribution in [-0.4, -0.2) is 30.8 Å². The van der Waals surface area contributed by atoms with Crippen LogP contribution in [0.15, 0.2) is 36.5 Å². The third-order valence-electron chi connectivity index (χ3n) is 5.54. The first-order valence-electron chi connectivity index (χ1n) is 10.8. The van der Waals surface area contributed by atoms with Gasteiger partial charge in [-0.2, -0.15) is 36.3 Å². The molecule has 192 valence electrons. The highest BCUT2D eigenvalue weighted by Gasteiger charge is 2.39. The summed E-state index contributed by atoms with van der Waals surface area (Å²) in [6.07, 6.45) is -8.33. The third-order valence-corrected chi connectivity index (χ3v) is 5.54. The Morgan fingerprint density at radius 3 is 2.33 bits per heavy atom. The van der Waals surface area contributed by atoms with Crippen LogP contribution in [0.4, 0.5) is 46.8 Å². The van der Waals surface area contributed by atoms with E-state index in [0.29, 0.717) is 18.9 Å². The van der Waals surface area contributed by atoms with Crippen LogP contribution in [0.5, 0.6) is 0 Å². The van der Waals surface area contributed by atoms with E-state index in [1.54, 1.807) is 0 Å². The third kappa shape index (κ3) is 6.40. The largest absolute Gasteiger partial charge is 0.433 e. The summed E-state index contributed by atoms with van der Waals surface area (Å²) in [5.41, 5.74) is -2.68. The van der Waals surface area contributed by atoms with Crippen molar-refractivity contribution in [3.8, 4) is 11.5 Å². The van der Waals surface area contributed by atoms with Crippen molar-refractivity contribution in [1.82, 2.24) is 24.9 Å². The Hall–Kier alpha value is -3.45. The van der Waals surface area contributed by atoms with E-state index in [9.17, 15) is 35.1 Å². The van der Waals surface area contributed by atoms with Gasteiger partial charge >= 0.3 is 12.4 Å². The van der Waals surface area contributed by atoms with E-state index in [1.807, 2.05) is 0 Å². The second kappa shape index (κ2) is 9.54. The Labute approximate surface area is 199 Å². The number of anilines is 2. The molecule has 3 aromatic rings. The van der Waals surface area contributed by atoms with Crippen LogP contribution in [0, 0.1) is 5.92 Å². The molecule has 3 heterocycles. The zero-order valence-electron chi connectivity index (χ0n) is 18.3. The first-order chi connectivity index (χ1) is 16.8. The summed E-state index contributed by atoms with van der Waals surface area (Å²) in [6, 6.07) is 5.05. The molecule has 0 aliphatic heterocycles. The number of hydrogen-bond donors (Lipinski definition) is 1. The average Bonchev–Trinajstić information content (AvgIpc) is 3.15. The maximum absolute atomic E-state index is 13.5. The first kappa shape index (κ1) is 25.6. The number of alkyl halides is 8. The van der Waals surface area contributed by atoms with Crippen molar-refractivity contribution in [2.75, 3.05) is 5.32 Å². The molecule has 1 aliphatic carbocycles. The zero-order chi connectivity index (χ0) is 26.1. The molecule has 0 spiro atoms. The number of aryl methyl sites for hydroxylation is 1. The maximum atomic E-state index is 13.5. The average molecular weight is 518 g/mol. The summed E-state index contributed by atoms with van der Waals surface area (Å²) in [5.74, 6) is -3.47. The predicted octanol–water partition coefficient (Wildman–Crippen LogP) is 6.48. The molecule has 0 amide bonds. The quantitative estimate of drug-likeness (QED) is 0.377. The van der Waals surface area contributed by atoms with Crippen molar-refractivity contribution in [2.45, 2.75) is 50.4 Å². The van der Waals surface area contributed by atoms with Crippen LogP contribution in [0.2, 0.25) is 0 Å². The fourth-order valence-electron chi connectivity index (χ4n) is 3.83. The molecule has 0 radical (unpaired) electrons. The van der Waals surface area contributed by atoms with Crippen LogP contribution in [0.1, 0.15) is 42.9 Å². The van der Waals surface area contributed by atoms with Gasteiger partial charge in [0.25, 0.3) is 0 Å². The van der Waals surface area contributed by atoms with Gasteiger partial charge in [-0.25, -0.2) is 18.7 Å². The molecular formula is C22H18F8N6. The lowest BCUT2D eigenvalue weighted by Crippen LogP contribution is -2.12. The normalized spacial score (nSPS) is 17.8. The van der Waals surface area contributed by atoms with Gasteiger partial charge in [0.1, 0.15) is 22.9 Å². The molecule has 1 atom stereocenters. The van der Waals surface area contributed by atoms with E-state index in [4.69, 9.17) is 0 Å². The summed E-state index contributed by atoms with van der Waals surface area (Å²) >= 11 is 0. The Morgan fingerprint density at radius 1 is 0.917 bits per heavy atom. The molecule has 0 bridgehead atoms. The fraction of sp³-hybridized carbons (Fsp3) is 0.409. The number of aromatic nitrogens is 5. The van der Waals surface area contributed by atoms with Crippen molar-refractivity contribution < 1.29 is 35.1 Å². The molecule has 1 N–H and O–H groups in total. The van der Waals surface area contributed by atoms with E-state index >= 15 is 0 Å². The minimum Gasteiger partial charge on any atom is -0.324 e. The van der Waals surface area contributed by atoms with Crippen LogP contribution in [0.25, 0.3) is 11.5 Å². The van der Waals surface area contributed by atoms with Crippen LogP contribution in [0.3, 0.4) is 0 Å². The first-order valence-corrected chi connectivity index (χ1v) is 10.8. The Balaban J connectivity index is 1.66. The zero-order valence-corrected chi connectivity index (χ0v) is 18.3. The molecule has 0 saturated heterocycles. The predicted molar refractivity (Wildman–Crippen MR) is 111 cm³/mol. The highest BCUT2D eigenvalue weighted by molar-refractivity contribution is 5.57.